The van der Waals surface area contributed by atoms with Crippen LogP contribution in [-0.2, 0) is 9.59 Å². The molecule has 0 spiro atoms. The molecule has 2 N–H and O–H groups in total. The Morgan fingerprint density at radius 1 is 1.39 bits per heavy atom. The summed E-state index contributed by atoms with van der Waals surface area (Å²) in [7, 11) is 0. The van der Waals surface area contributed by atoms with E-state index in [4.69, 9.17) is 5.11 Å². The highest BCUT2D eigenvalue weighted by Crippen LogP contribution is 2.24. The molecule has 1 atom stereocenters. The number of aliphatic hydroxyl groups excluding tert-OH is 1. The van der Waals surface area contributed by atoms with Crippen molar-refractivity contribution >= 4 is 17.5 Å². The van der Waals surface area contributed by atoms with Crippen LogP contribution < -0.4 is 10.2 Å². The standard InChI is InChI=1S/C13H16N2O3/c16-7-6-14-13(18)10-8-12(17)15(9-10)11-4-2-1-3-5-11/h1-5,10,16H,6-9H2,(H,14,18)/t10-/m0/s1. The summed E-state index contributed by atoms with van der Waals surface area (Å²) in [5.41, 5.74) is 0.819. The Labute approximate surface area is 105 Å². The highest BCUT2D eigenvalue weighted by atomic mass is 16.3. The van der Waals surface area contributed by atoms with E-state index in [1.807, 2.05) is 30.3 Å². The molecule has 1 saturated heterocycles. The van der Waals surface area contributed by atoms with Crippen molar-refractivity contribution in [3.63, 3.8) is 0 Å². The molecule has 2 amide bonds. The quantitative estimate of drug-likeness (QED) is 0.796. The fourth-order valence-electron chi connectivity index (χ4n) is 2.06. The minimum Gasteiger partial charge on any atom is -0.395 e. The lowest BCUT2D eigenvalue weighted by atomic mass is 10.1. The van der Waals surface area contributed by atoms with Crippen molar-refractivity contribution < 1.29 is 14.7 Å². The third-order valence-corrected chi connectivity index (χ3v) is 2.97. The second kappa shape index (κ2) is 5.64. The molecule has 1 fully saturated rings. The molecule has 0 aromatic heterocycles. The zero-order valence-electron chi connectivity index (χ0n) is 10.0. The third-order valence-electron chi connectivity index (χ3n) is 2.97. The van der Waals surface area contributed by atoms with Gasteiger partial charge in [0.25, 0.3) is 0 Å². The molecule has 2 rings (SSSR count). The molecule has 5 nitrogen and oxygen atoms in total. The Hall–Kier alpha value is -1.88. The number of nitrogens with one attached hydrogen (secondary N) is 1. The fourth-order valence-corrected chi connectivity index (χ4v) is 2.06. The molecule has 5 heteroatoms. The van der Waals surface area contributed by atoms with E-state index in [0.29, 0.717) is 6.54 Å². The van der Waals surface area contributed by atoms with Gasteiger partial charge in [-0.25, -0.2) is 0 Å². The minimum atomic E-state index is -0.329. The van der Waals surface area contributed by atoms with Crippen LogP contribution in [-0.4, -0.2) is 36.6 Å². The Morgan fingerprint density at radius 3 is 2.78 bits per heavy atom. The smallest absolute Gasteiger partial charge is 0.227 e. The van der Waals surface area contributed by atoms with Gasteiger partial charge in [-0.05, 0) is 12.1 Å². The van der Waals surface area contributed by atoms with Crippen molar-refractivity contribution in [1.29, 1.82) is 0 Å². The summed E-state index contributed by atoms with van der Waals surface area (Å²) in [6.07, 6.45) is 0.228. The monoisotopic (exact) mass is 248 g/mol. The molecule has 0 saturated carbocycles. The average molecular weight is 248 g/mol. The Balaban J connectivity index is 2.01. The molecule has 1 aliphatic rings. The number of nitrogens with zero attached hydrogens (tertiary/aromatic N) is 1. The number of benzene rings is 1. The Morgan fingerprint density at radius 2 is 2.11 bits per heavy atom. The molecule has 0 unspecified atom stereocenters. The van der Waals surface area contributed by atoms with Crippen LogP contribution in [0.4, 0.5) is 5.69 Å². The summed E-state index contributed by atoms with van der Waals surface area (Å²) in [6.45, 7) is 0.545. The second-order valence-corrected chi connectivity index (χ2v) is 4.26. The first-order valence-corrected chi connectivity index (χ1v) is 5.96. The number of anilines is 1. The average Bonchev–Trinajstić information content (AvgIpc) is 2.79. The molecule has 1 heterocycles. The van der Waals surface area contributed by atoms with Gasteiger partial charge in [0, 0.05) is 25.2 Å². The van der Waals surface area contributed by atoms with Gasteiger partial charge in [0.15, 0.2) is 0 Å². The van der Waals surface area contributed by atoms with Gasteiger partial charge in [-0.15, -0.1) is 0 Å². The SMILES string of the molecule is O=C(NCCO)[C@H]1CC(=O)N(c2ccccc2)C1. The van der Waals surface area contributed by atoms with Gasteiger partial charge in [-0.1, -0.05) is 18.2 Å². The number of rotatable bonds is 4. The number of carbonyl (C=O) groups excluding carboxylic acids is 2. The van der Waals surface area contributed by atoms with E-state index in [9.17, 15) is 9.59 Å². The summed E-state index contributed by atoms with van der Waals surface area (Å²) in [4.78, 5) is 25.2. The topological polar surface area (TPSA) is 69.6 Å². The van der Waals surface area contributed by atoms with Crippen LogP contribution in [0.2, 0.25) is 0 Å². The van der Waals surface area contributed by atoms with Gasteiger partial charge in [-0.2, -0.15) is 0 Å². The molecular weight excluding hydrogens is 232 g/mol. The fraction of sp³-hybridized carbons (Fsp3) is 0.385. The number of hydrogen-bond donors (Lipinski definition) is 2. The number of para-hydroxylation sites is 1. The predicted octanol–water partition coefficient (Wildman–Crippen LogP) is 0.148. The van der Waals surface area contributed by atoms with E-state index in [1.165, 1.54) is 0 Å². The van der Waals surface area contributed by atoms with Crippen LogP contribution in [0.15, 0.2) is 30.3 Å². The van der Waals surface area contributed by atoms with Crippen LogP contribution in [0.5, 0.6) is 0 Å². The summed E-state index contributed by atoms with van der Waals surface area (Å²) in [6, 6.07) is 9.32. The van der Waals surface area contributed by atoms with Gasteiger partial charge >= 0.3 is 0 Å². The Kier molecular flexibility index (Phi) is 3.94. The molecule has 0 aliphatic carbocycles. The number of aliphatic hydroxyl groups is 1. The van der Waals surface area contributed by atoms with E-state index in [1.54, 1.807) is 4.90 Å². The molecule has 0 radical (unpaired) electrons. The van der Waals surface area contributed by atoms with Crippen molar-refractivity contribution in [3.05, 3.63) is 30.3 Å². The number of carbonyl (C=O) groups is 2. The largest absolute Gasteiger partial charge is 0.395 e. The Bertz CT molecular complexity index is 433. The summed E-state index contributed by atoms with van der Waals surface area (Å²) >= 11 is 0. The van der Waals surface area contributed by atoms with Crippen molar-refractivity contribution in [1.82, 2.24) is 5.32 Å². The molecule has 0 bridgehead atoms. The molecule has 96 valence electrons. The van der Waals surface area contributed by atoms with E-state index in [2.05, 4.69) is 5.32 Å². The predicted molar refractivity (Wildman–Crippen MR) is 67.0 cm³/mol. The first kappa shape index (κ1) is 12.6. The highest BCUT2D eigenvalue weighted by molar-refractivity contribution is 6.00. The van der Waals surface area contributed by atoms with Gasteiger partial charge in [0.1, 0.15) is 0 Å². The minimum absolute atomic E-state index is 0.0367. The van der Waals surface area contributed by atoms with E-state index in [-0.39, 0.29) is 37.3 Å². The van der Waals surface area contributed by atoms with Crippen LogP contribution in [0, 0.1) is 5.92 Å². The maximum Gasteiger partial charge on any atom is 0.227 e. The third kappa shape index (κ3) is 2.68. The van der Waals surface area contributed by atoms with Crippen LogP contribution >= 0.6 is 0 Å². The molecule has 1 aliphatic heterocycles. The normalized spacial score (nSPS) is 19.1. The maximum atomic E-state index is 11.9. The number of hydrogen-bond acceptors (Lipinski definition) is 3. The first-order valence-electron chi connectivity index (χ1n) is 5.96. The van der Waals surface area contributed by atoms with Gasteiger partial charge in [0.2, 0.25) is 11.8 Å². The summed E-state index contributed by atoms with van der Waals surface area (Å²) in [5.74, 6) is -0.537. The number of amides is 2. The van der Waals surface area contributed by atoms with Gasteiger partial charge < -0.3 is 15.3 Å². The van der Waals surface area contributed by atoms with Crippen LogP contribution in [0.1, 0.15) is 6.42 Å². The van der Waals surface area contributed by atoms with E-state index < -0.39 is 0 Å². The highest BCUT2D eigenvalue weighted by Gasteiger charge is 2.34. The van der Waals surface area contributed by atoms with Crippen LogP contribution in [0.3, 0.4) is 0 Å². The zero-order chi connectivity index (χ0) is 13.0. The first-order chi connectivity index (χ1) is 8.72. The van der Waals surface area contributed by atoms with E-state index in [0.717, 1.165) is 5.69 Å². The lowest BCUT2D eigenvalue weighted by molar-refractivity contribution is -0.126. The molecular formula is C13H16N2O3. The van der Waals surface area contributed by atoms with E-state index >= 15 is 0 Å². The van der Waals surface area contributed by atoms with Crippen LogP contribution in [0.25, 0.3) is 0 Å². The zero-order valence-corrected chi connectivity index (χ0v) is 10.0. The van der Waals surface area contributed by atoms with Gasteiger partial charge in [-0.3, -0.25) is 9.59 Å². The second-order valence-electron chi connectivity index (χ2n) is 4.26. The summed E-state index contributed by atoms with van der Waals surface area (Å²) < 4.78 is 0. The van der Waals surface area contributed by atoms with Crippen molar-refractivity contribution in [2.45, 2.75) is 6.42 Å². The molecule has 18 heavy (non-hydrogen) atoms. The van der Waals surface area contributed by atoms with Crippen molar-refractivity contribution in [2.75, 3.05) is 24.6 Å². The molecule has 1 aromatic rings. The lowest BCUT2D eigenvalue weighted by Gasteiger charge is -2.16. The van der Waals surface area contributed by atoms with Crippen molar-refractivity contribution in [3.8, 4) is 0 Å². The lowest BCUT2D eigenvalue weighted by Crippen LogP contribution is -2.34. The maximum absolute atomic E-state index is 11.9. The van der Waals surface area contributed by atoms with Gasteiger partial charge in [0.05, 0.1) is 12.5 Å². The van der Waals surface area contributed by atoms with Crippen molar-refractivity contribution in [2.24, 2.45) is 5.92 Å². The molecule has 1 aromatic carbocycles. The summed E-state index contributed by atoms with van der Waals surface area (Å²) in [5, 5.41) is 11.2.